The summed E-state index contributed by atoms with van der Waals surface area (Å²) in [4.78, 5) is 24.8. The second kappa shape index (κ2) is 6.50. The quantitative estimate of drug-likeness (QED) is 0.829. The summed E-state index contributed by atoms with van der Waals surface area (Å²) < 4.78 is 5.14. The summed E-state index contributed by atoms with van der Waals surface area (Å²) in [6.45, 7) is 1.71. The topological polar surface area (TPSA) is 58.6 Å². The molecule has 0 radical (unpaired) electrons. The fraction of sp³-hybridized carbons (Fsp3) is 0.688. The number of methoxy groups -OCH3 is 1. The summed E-state index contributed by atoms with van der Waals surface area (Å²) >= 11 is 0. The Morgan fingerprint density at radius 3 is 2.86 bits per heavy atom. The molecule has 0 unspecified atom stereocenters. The molecule has 120 valence electrons. The number of ether oxygens (including phenoxy) is 1. The van der Waals surface area contributed by atoms with Gasteiger partial charge in [-0.15, -0.1) is 0 Å². The summed E-state index contributed by atoms with van der Waals surface area (Å²) in [5, 5.41) is 0. The second-order valence-corrected chi connectivity index (χ2v) is 6.35. The molecule has 1 amide bonds. The maximum atomic E-state index is 12.3. The monoisotopic (exact) mass is 304 g/mol. The summed E-state index contributed by atoms with van der Waals surface area (Å²) in [6, 6.07) is 2.31. The van der Waals surface area contributed by atoms with E-state index in [2.05, 4.69) is 19.8 Å². The standard InChI is InChI=1S/C16H24N4O2/c1-19(14-8-15(22-2)18-11-17-14)9-12-7-16(21)20(10-12)13-5-3-4-6-13/h8,11-13H,3-7,9-10H2,1-2H3/t12-/m0/s1. The lowest BCUT2D eigenvalue weighted by Crippen LogP contribution is -2.35. The molecule has 0 N–H and O–H groups in total. The first-order valence-corrected chi connectivity index (χ1v) is 8.04. The Kier molecular flexibility index (Phi) is 4.45. The number of hydrogen-bond donors (Lipinski definition) is 0. The Bertz CT molecular complexity index is 531. The van der Waals surface area contributed by atoms with Crippen LogP contribution in [0.1, 0.15) is 32.1 Å². The zero-order chi connectivity index (χ0) is 15.5. The molecule has 3 rings (SSSR count). The van der Waals surface area contributed by atoms with Gasteiger partial charge < -0.3 is 14.5 Å². The maximum Gasteiger partial charge on any atom is 0.223 e. The second-order valence-electron chi connectivity index (χ2n) is 6.35. The fourth-order valence-electron chi connectivity index (χ4n) is 3.63. The van der Waals surface area contributed by atoms with Crippen molar-refractivity contribution in [2.45, 2.75) is 38.1 Å². The predicted molar refractivity (Wildman–Crippen MR) is 83.9 cm³/mol. The van der Waals surface area contributed by atoms with E-state index in [1.54, 1.807) is 7.11 Å². The van der Waals surface area contributed by atoms with Crippen LogP contribution in [-0.4, -0.2) is 54.1 Å². The molecule has 1 saturated carbocycles. The van der Waals surface area contributed by atoms with Crippen LogP contribution in [-0.2, 0) is 4.79 Å². The Morgan fingerprint density at radius 2 is 2.14 bits per heavy atom. The zero-order valence-electron chi connectivity index (χ0n) is 13.4. The summed E-state index contributed by atoms with van der Waals surface area (Å²) in [7, 11) is 3.60. The van der Waals surface area contributed by atoms with Crippen LogP contribution in [0.4, 0.5) is 5.82 Å². The highest BCUT2D eigenvalue weighted by molar-refractivity contribution is 5.79. The van der Waals surface area contributed by atoms with Gasteiger partial charge in [-0.3, -0.25) is 4.79 Å². The normalized spacial score (nSPS) is 22.4. The molecule has 0 spiro atoms. The fourth-order valence-corrected chi connectivity index (χ4v) is 3.63. The SMILES string of the molecule is COc1cc(N(C)C[C@@H]2CC(=O)N(C3CCCC3)C2)ncn1. The zero-order valence-corrected chi connectivity index (χ0v) is 13.4. The predicted octanol–water partition coefficient (Wildman–Crippen LogP) is 1.71. The molecule has 6 nitrogen and oxygen atoms in total. The van der Waals surface area contributed by atoms with Crippen molar-refractivity contribution in [3.63, 3.8) is 0 Å². The third kappa shape index (κ3) is 3.15. The van der Waals surface area contributed by atoms with E-state index in [9.17, 15) is 4.79 Å². The van der Waals surface area contributed by atoms with E-state index in [4.69, 9.17) is 4.74 Å². The molecule has 1 aromatic rings. The van der Waals surface area contributed by atoms with Gasteiger partial charge in [0.05, 0.1) is 7.11 Å². The first-order valence-electron chi connectivity index (χ1n) is 8.04. The van der Waals surface area contributed by atoms with Crippen LogP contribution in [0.25, 0.3) is 0 Å². The molecular weight excluding hydrogens is 280 g/mol. The van der Waals surface area contributed by atoms with Gasteiger partial charge >= 0.3 is 0 Å². The van der Waals surface area contributed by atoms with Gasteiger partial charge in [-0.25, -0.2) is 9.97 Å². The molecule has 1 atom stereocenters. The van der Waals surface area contributed by atoms with Gasteiger partial charge in [-0.1, -0.05) is 12.8 Å². The molecule has 2 fully saturated rings. The van der Waals surface area contributed by atoms with Crippen LogP contribution in [0.2, 0.25) is 0 Å². The van der Waals surface area contributed by atoms with Crippen molar-refractivity contribution in [2.24, 2.45) is 5.92 Å². The number of hydrogen-bond acceptors (Lipinski definition) is 5. The van der Waals surface area contributed by atoms with Crippen molar-refractivity contribution in [3.05, 3.63) is 12.4 Å². The molecule has 22 heavy (non-hydrogen) atoms. The van der Waals surface area contributed by atoms with Crippen molar-refractivity contribution < 1.29 is 9.53 Å². The molecule has 0 bridgehead atoms. The number of carbonyl (C=O) groups excluding carboxylic acids is 1. The third-order valence-corrected chi connectivity index (χ3v) is 4.76. The Morgan fingerprint density at radius 1 is 1.36 bits per heavy atom. The number of amides is 1. The summed E-state index contributed by atoms with van der Waals surface area (Å²) in [5.74, 6) is 2.09. The van der Waals surface area contributed by atoms with Gasteiger partial charge in [0.15, 0.2) is 0 Å². The van der Waals surface area contributed by atoms with Crippen LogP contribution < -0.4 is 9.64 Å². The minimum absolute atomic E-state index is 0.325. The van der Waals surface area contributed by atoms with Gasteiger partial charge in [0, 0.05) is 44.6 Å². The van der Waals surface area contributed by atoms with Crippen LogP contribution in [0.3, 0.4) is 0 Å². The van der Waals surface area contributed by atoms with E-state index in [0.717, 1.165) is 18.9 Å². The molecule has 0 aromatic carbocycles. The number of nitrogens with zero attached hydrogens (tertiary/aromatic N) is 4. The van der Waals surface area contributed by atoms with Gasteiger partial charge in [-0.2, -0.15) is 0 Å². The van der Waals surface area contributed by atoms with Gasteiger partial charge in [0.1, 0.15) is 12.1 Å². The van der Waals surface area contributed by atoms with Crippen LogP contribution >= 0.6 is 0 Å². The number of aromatic nitrogens is 2. The van der Waals surface area contributed by atoms with Crippen molar-refractivity contribution >= 4 is 11.7 Å². The minimum Gasteiger partial charge on any atom is -0.481 e. The van der Waals surface area contributed by atoms with Crippen molar-refractivity contribution in [3.8, 4) is 5.88 Å². The number of carbonyl (C=O) groups is 1. The summed E-state index contributed by atoms with van der Waals surface area (Å²) in [6.07, 6.45) is 7.05. The highest BCUT2D eigenvalue weighted by Gasteiger charge is 2.35. The van der Waals surface area contributed by atoms with Gasteiger partial charge in [0.25, 0.3) is 0 Å². The smallest absolute Gasteiger partial charge is 0.223 e. The largest absolute Gasteiger partial charge is 0.481 e. The van der Waals surface area contributed by atoms with E-state index >= 15 is 0 Å². The lowest BCUT2D eigenvalue weighted by atomic mass is 10.1. The van der Waals surface area contributed by atoms with Crippen LogP contribution in [0.15, 0.2) is 12.4 Å². The Hall–Kier alpha value is -1.85. The molecule has 2 aliphatic rings. The van der Waals surface area contributed by atoms with Crippen molar-refractivity contribution in [1.29, 1.82) is 0 Å². The average Bonchev–Trinajstić information content (AvgIpc) is 3.16. The molecule has 2 heterocycles. The van der Waals surface area contributed by atoms with Crippen LogP contribution in [0, 0.1) is 5.92 Å². The Balaban J connectivity index is 1.59. The van der Waals surface area contributed by atoms with Crippen molar-refractivity contribution in [1.82, 2.24) is 14.9 Å². The van der Waals surface area contributed by atoms with E-state index in [0.29, 0.717) is 30.2 Å². The molecule has 1 aliphatic carbocycles. The van der Waals surface area contributed by atoms with E-state index in [1.807, 2.05) is 13.1 Å². The molecule has 1 aliphatic heterocycles. The molecule has 1 aromatic heterocycles. The lowest BCUT2D eigenvalue weighted by molar-refractivity contribution is -0.129. The highest BCUT2D eigenvalue weighted by Crippen LogP contribution is 2.30. The lowest BCUT2D eigenvalue weighted by Gasteiger charge is -2.25. The van der Waals surface area contributed by atoms with Crippen LogP contribution in [0.5, 0.6) is 5.88 Å². The maximum absolute atomic E-state index is 12.3. The minimum atomic E-state index is 0.325. The van der Waals surface area contributed by atoms with Gasteiger partial charge in [-0.05, 0) is 12.8 Å². The number of rotatable bonds is 5. The molecule has 1 saturated heterocycles. The van der Waals surface area contributed by atoms with E-state index < -0.39 is 0 Å². The average molecular weight is 304 g/mol. The first-order chi connectivity index (χ1) is 10.7. The highest BCUT2D eigenvalue weighted by atomic mass is 16.5. The first kappa shape index (κ1) is 15.1. The van der Waals surface area contributed by atoms with E-state index in [-0.39, 0.29) is 0 Å². The van der Waals surface area contributed by atoms with E-state index in [1.165, 1.54) is 32.0 Å². The molecular formula is C16H24N4O2. The third-order valence-electron chi connectivity index (χ3n) is 4.76. The number of likely N-dealkylation sites (tertiary alicyclic amines) is 1. The number of anilines is 1. The van der Waals surface area contributed by atoms with Crippen molar-refractivity contribution in [2.75, 3.05) is 32.1 Å². The Labute approximate surface area is 131 Å². The molecule has 6 heteroatoms. The summed E-state index contributed by atoms with van der Waals surface area (Å²) in [5.41, 5.74) is 0. The van der Waals surface area contributed by atoms with Gasteiger partial charge in [0.2, 0.25) is 11.8 Å².